The van der Waals surface area contributed by atoms with E-state index in [0.717, 1.165) is 12.8 Å². The molecule has 2 rings (SSSR count). The van der Waals surface area contributed by atoms with Crippen LogP contribution in [0.2, 0.25) is 0 Å². The van der Waals surface area contributed by atoms with E-state index in [2.05, 4.69) is 0 Å². The summed E-state index contributed by atoms with van der Waals surface area (Å²) < 4.78 is 0. The third-order valence-electron chi connectivity index (χ3n) is 4.95. The molecule has 2 fully saturated rings. The van der Waals surface area contributed by atoms with Crippen molar-refractivity contribution in [3.8, 4) is 0 Å². The first-order chi connectivity index (χ1) is 9.56. The maximum absolute atomic E-state index is 12.5. The highest BCUT2D eigenvalue weighted by Gasteiger charge is 2.35. The minimum atomic E-state index is 0.0348. The second-order valence-corrected chi connectivity index (χ2v) is 6.33. The molecule has 0 aromatic rings. The summed E-state index contributed by atoms with van der Waals surface area (Å²) >= 11 is 0. The molecule has 2 N–H and O–H groups in total. The molecule has 0 spiro atoms. The van der Waals surface area contributed by atoms with Gasteiger partial charge in [0.2, 0.25) is 11.8 Å². The maximum atomic E-state index is 12.5. The topological polar surface area (TPSA) is 66.6 Å². The van der Waals surface area contributed by atoms with Crippen molar-refractivity contribution in [1.82, 2.24) is 9.80 Å². The molecule has 0 bridgehead atoms. The van der Waals surface area contributed by atoms with Gasteiger partial charge < -0.3 is 15.5 Å². The van der Waals surface area contributed by atoms with Crippen LogP contribution >= 0.6 is 0 Å². The third kappa shape index (κ3) is 3.51. The monoisotopic (exact) mass is 281 g/mol. The van der Waals surface area contributed by atoms with Gasteiger partial charge in [-0.15, -0.1) is 0 Å². The highest BCUT2D eigenvalue weighted by atomic mass is 16.2. The van der Waals surface area contributed by atoms with Crippen LogP contribution in [-0.2, 0) is 9.59 Å². The summed E-state index contributed by atoms with van der Waals surface area (Å²) in [6.45, 7) is 4.86. The van der Waals surface area contributed by atoms with E-state index >= 15 is 0 Å². The molecule has 1 saturated heterocycles. The number of nitrogens with zero attached hydrogens (tertiary/aromatic N) is 2. The lowest BCUT2D eigenvalue weighted by Crippen LogP contribution is -2.51. The Morgan fingerprint density at radius 3 is 2.05 bits per heavy atom. The highest BCUT2D eigenvalue weighted by Crippen LogP contribution is 2.38. The fourth-order valence-corrected chi connectivity index (χ4v) is 3.46. The Balaban J connectivity index is 1.87. The van der Waals surface area contributed by atoms with Crippen LogP contribution in [0.25, 0.3) is 0 Å². The van der Waals surface area contributed by atoms with Crippen LogP contribution in [0.5, 0.6) is 0 Å². The zero-order valence-corrected chi connectivity index (χ0v) is 12.6. The van der Waals surface area contributed by atoms with Gasteiger partial charge in [-0.1, -0.05) is 19.3 Å². The van der Waals surface area contributed by atoms with E-state index in [4.69, 9.17) is 5.73 Å². The number of hydrogen-bond acceptors (Lipinski definition) is 3. The van der Waals surface area contributed by atoms with Gasteiger partial charge in [0.1, 0.15) is 0 Å². The quantitative estimate of drug-likeness (QED) is 0.838. The largest absolute Gasteiger partial charge is 0.339 e. The highest BCUT2D eigenvalue weighted by molar-refractivity contribution is 5.78. The van der Waals surface area contributed by atoms with Gasteiger partial charge in [-0.2, -0.15) is 0 Å². The summed E-state index contributed by atoms with van der Waals surface area (Å²) in [4.78, 5) is 27.5. The van der Waals surface area contributed by atoms with Gasteiger partial charge in [0.05, 0.1) is 0 Å². The summed E-state index contributed by atoms with van der Waals surface area (Å²) in [5.74, 6) is 0.323. The molecule has 0 aromatic carbocycles. The maximum Gasteiger partial charge on any atom is 0.223 e. The number of carbonyl (C=O) groups excluding carboxylic acids is 2. The van der Waals surface area contributed by atoms with Crippen molar-refractivity contribution in [2.45, 2.75) is 45.4 Å². The molecule has 1 heterocycles. The van der Waals surface area contributed by atoms with Gasteiger partial charge in [0, 0.05) is 39.5 Å². The number of amides is 2. The predicted octanol–water partition coefficient (Wildman–Crippen LogP) is 0.976. The van der Waals surface area contributed by atoms with Crippen molar-refractivity contribution in [1.29, 1.82) is 0 Å². The van der Waals surface area contributed by atoms with Crippen LogP contribution in [0, 0.1) is 5.41 Å². The van der Waals surface area contributed by atoms with E-state index in [1.54, 1.807) is 6.92 Å². The van der Waals surface area contributed by atoms with Gasteiger partial charge in [-0.3, -0.25) is 9.59 Å². The van der Waals surface area contributed by atoms with Crippen LogP contribution in [0.1, 0.15) is 45.4 Å². The van der Waals surface area contributed by atoms with Crippen molar-refractivity contribution in [2.24, 2.45) is 11.1 Å². The predicted molar refractivity (Wildman–Crippen MR) is 78.0 cm³/mol. The van der Waals surface area contributed by atoms with Gasteiger partial charge in [0.25, 0.3) is 0 Å². The second-order valence-electron chi connectivity index (χ2n) is 6.33. The van der Waals surface area contributed by atoms with Gasteiger partial charge in [0.15, 0.2) is 0 Å². The lowest BCUT2D eigenvalue weighted by Gasteiger charge is -2.39. The second kappa shape index (κ2) is 6.57. The van der Waals surface area contributed by atoms with E-state index in [1.165, 1.54) is 19.3 Å². The lowest BCUT2D eigenvalue weighted by atomic mass is 9.71. The van der Waals surface area contributed by atoms with E-state index in [1.807, 2.05) is 9.80 Å². The van der Waals surface area contributed by atoms with Crippen LogP contribution < -0.4 is 5.73 Å². The fourth-order valence-electron chi connectivity index (χ4n) is 3.46. The van der Waals surface area contributed by atoms with E-state index in [-0.39, 0.29) is 17.2 Å². The lowest BCUT2D eigenvalue weighted by molar-refractivity contribution is -0.140. The first-order valence-electron chi connectivity index (χ1n) is 7.80. The van der Waals surface area contributed by atoms with Crippen molar-refractivity contribution < 1.29 is 9.59 Å². The van der Waals surface area contributed by atoms with E-state index < -0.39 is 0 Å². The number of nitrogens with two attached hydrogens (primary N) is 1. The summed E-state index contributed by atoms with van der Waals surface area (Å²) in [5.41, 5.74) is 5.99. The average molecular weight is 281 g/mol. The Morgan fingerprint density at radius 2 is 1.55 bits per heavy atom. The van der Waals surface area contributed by atoms with Crippen LogP contribution in [0.4, 0.5) is 0 Å². The Hall–Kier alpha value is -1.10. The fraction of sp³-hybridized carbons (Fsp3) is 0.867. The van der Waals surface area contributed by atoms with Crippen molar-refractivity contribution in [3.05, 3.63) is 0 Å². The standard InChI is InChI=1S/C15H27N3O2/c1-13(19)17-7-9-18(10-8-17)14(20)11-15(12-16)5-3-2-4-6-15/h2-12,16H2,1H3. The van der Waals surface area contributed by atoms with Crippen molar-refractivity contribution in [3.63, 3.8) is 0 Å². The number of carbonyl (C=O) groups is 2. The Morgan fingerprint density at radius 1 is 1.00 bits per heavy atom. The molecule has 0 unspecified atom stereocenters. The molecule has 114 valence electrons. The molecule has 0 aromatic heterocycles. The number of piperazine rings is 1. The molecular weight excluding hydrogens is 254 g/mol. The number of hydrogen-bond donors (Lipinski definition) is 1. The molecule has 5 nitrogen and oxygen atoms in total. The van der Waals surface area contributed by atoms with Gasteiger partial charge in [-0.25, -0.2) is 0 Å². The minimum Gasteiger partial charge on any atom is -0.339 e. The zero-order chi connectivity index (χ0) is 14.6. The SMILES string of the molecule is CC(=O)N1CCN(C(=O)CC2(CN)CCCCC2)CC1. The van der Waals surface area contributed by atoms with Crippen molar-refractivity contribution >= 4 is 11.8 Å². The molecule has 0 radical (unpaired) electrons. The first kappa shape index (κ1) is 15.3. The summed E-state index contributed by atoms with van der Waals surface area (Å²) in [6.07, 6.45) is 6.42. The van der Waals surface area contributed by atoms with Crippen molar-refractivity contribution in [2.75, 3.05) is 32.7 Å². The molecule has 1 aliphatic heterocycles. The third-order valence-corrected chi connectivity index (χ3v) is 4.95. The molecule has 1 saturated carbocycles. The smallest absolute Gasteiger partial charge is 0.223 e. The molecule has 20 heavy (non-hydrogen) atoms. The summed E-state index contributed by atoms with van der Waals surface area (Å²) in [5, 5.41) is 0. The Bertz CT molecular complexity index is 356. The number of rotatable bonds is 3. The average Bonchev–Trinajstić information content (AvgIpc) is 2.48. The minimum absolute atomic E-state index is 0.0348. The van der Waals surface area contributed by atoms with Gasteiger partial charge >= 0.3 is 0 Å². The zero-order valence-electron chi connectivity index (χ0n) is 12.6. The summed E-state index contributed by atoms with van der Waals surface area (Å²) in [7, 11) is 0. The van der Waals surface area contributed by atoms with Gasteiger partial charge in [-0.05, 0) is 24.8 Å². The molecule has 5 heteroatoms. The normalized spacial score (nSPS) is 22.7. The van der Waals surface area contributed by atoms with Crippen LogP contribution in [0.3, 0.4) is 0 Å². The molecular formula is C15H27N3O2. The molecule has 2 aliphatic rings. The Labute approximate surface area is 121 Å². The van der Waals surface area contributed by atoms with E-state index in [0.29, 0.717) is 39.1 Å². The van der Waals surface area contributed by atoms with Crippen LogP contribution in [0.15, 0.2) is 0 Å². The molecule has 1 aliphatic carbocycles. The molecule has 2 amide bonds. The Kier molecular flexibility index (Phi) is 5.02. The molecule has 0 atom stereocenters. The summed E-state index contributed by atoms with van der Waals surface area (Å²) in [6, 6.07) is 0. The van der Waals surface area contributed by atoms with E-state index in [9.17, 15) is 9.59 Å². The first-order valence-corrected chi connectivity index (χ1v) is 7.80. The van der Waals surface area contributed by atoms with Crippen LogP contribution in [-0.4, -0.2) is 54.3 Å².